The highest BCUT2D eigenvalue weighted by Gasteiger charge is 2.47. The molecular formula is C47H57F2N11O5. The molecule has 1 aromatic carbocycles. The molecule has 11 rings (SSSR count). The number of piperidine rings is 1. The van der Waals surface area contributed by atoms with Gasteiger partial charge in [-0.2, -0.15) is 5.10 Å². The molecule has 4 atom stereocenters. The van der Waals surface area contributed by atoms with E-state index in [1.54, 1.807) is 22.4 Å². The fraction of sp³-hybridized carbons (Fsp3) is 0.617. The highest BCUT2D eigenvalue weighted by molar-refractivity contribution is 6.46. The molecule has 4 aromatic rings. The van der Waals surface area contributed by atoms with Gasteiger partial charge in [-0.1, -0.05) is 12.1 Å². The van der Waals surface area contributed by atoms with E-state index in [9.17, 15) is 28.0 Å². The first-order valence-electron chi connectivity index (χ1n) is 23.6. The van der Waals surface area contributed by atoms with E-state index in [2.05, 4.69) is 48.6 Å². The number of benzene rings is 1. The molecule has 2 unspecified atom stereocenters. The zero-order chi connectivity index (χ0) is 44.7. The number of carbonyl (C=O) groups excluding carboxylic acids is 3. The number of aryl methyl sites for hydroxylation is 1. The maximum absolute atomic E-state index is 14.3. The third-order valence-electron chi connectivity index (χ3n) is 16.2. The van der Waals surface area contributed by atoms with Crippen LogP contribution in [0.25, 0.3) is 16.7 Å². The van der Waals surface area contributed by atoms with Crippen LogP contribution in [0.2, 0.25) is 0 Å². The number of nitrogens with one attached hydrogen (secondary N) is 2. The summed E-state index contributed by atoms with van der Waals surface area (Å²) in [6.07, 6.45) is 13.0. The molecule has 3 amide bonds. The number of para-hydroxylation sites is 1. The molecule has 6 fully saturated rings. The molecule has 3 aromatic heterocycles. The first-order valence-corrected chi connectivity index (χ1v) is 23.6. The Morgan fingerprint density at radius 2 is 1.83 bits per heavy atom. The summed E-state index contributed by atoms with van der Waals surface area (Å²) in [5, 5.41) is 9.34. The van der Waals surface area contributed by atoms with Crippen molar-refractivity contribution in [2.45, 2.75) is 127 Å². The van der Waals surface area contributed by atoms with Crippen LogP contribution in [-0.2, 0) is 27.8 Å². The Balaban J connectivity index is 0.658. The van der Waals surface area contributed by atoms with E-state index in [0.717, 1.165) is 74.0 Å². The molecular weight excluding hydrogens is 837 g/mol. The number of nitrogens with zero attached hydrogens (tertiary/aromatic N) is 9. The van der Waals surface area contributed by atoms with Gasteiger partial charge < -0.3 is 19.9 Å². The minimum absolute atomic E-state index is 0.0314. The van der Waals surface area contributed by atoms with E-state index in [1.165, 1.54) is 49.2 Å². The van der Waals surface area contributed by atoms with Crippen molar-refractivity contribution in [2.75, 3.05) is 31.6 Å². The van der Waals surface area contributed by atoms with Crippen LogP contribution < -0.4 is 21.2 Å². The van der Waals surface area contributed by atoms with Crippen LogP contribution >= 0.6 is 0 Å². The van der Waals surface area contributed by atoms with Crippen LogP contribution in [0.3, 0.4) is 0 Å². The minimum atomic E-state index is -2.87. The summed E-state index contributed by atoms with van der Waals surface area (Å²) in [5.74, 6) is 0.355. The number of imidazole rings is 1. The fourth-order valence-electron chi connectivity index (χ4n) is 12.8. The summed E-state index contributed by atoms with van der Waals surface area (Å²) < 4.78 is 39.2. The van der Waals surface area contributed by atoms with E-state index in [1.807, 2.05) is 18.2 Å². The number of halogens is 2. The molecule has 3 aliphatic carbocycles. The molecule has 3 saturated carbocycles. The smallest absolute Gasteiger partial charge is 0.329 e. The second kappa shape index (κ2) is 16.5. The number of rotatable bonds is 10. The van der Waals surface area contributed by atoms with Crippen molar-refractivity contribution in [3.05, 3.63) is 58.3 Å². The van der Waals surface area contributed by atoms with Gasteiger partial charge >= 0.3 is 5.69 Å². The van der Waals surface area contributed by atoms with Crippen molar-refractivity contribution >= 4 is 51.8 Å². The Kier molecular flexibility index (Phi) is 10.7. The van der Waals surface area contributed by atoms with Gasteiger partial charge in [0.05, 0.1) is 36.0 Å². The van der Waals surface area contributed by atoms with Crippen molar-refractivity contribution < 1.29 is 27.9 Å². The number of morpholine rings is 1. The zero-order valence-corrected chi connectivity index (χ0v) is 37.0. The lowest BCUT2D eigenvalue weighted by molar-refractivity contribution is -0.135. The highest BCUT2D eigenvalue weighted by Crippen LogP contribution is 2.56. The lowest BCUT2D eigenvalue weighted by Crippen LogP contribution is -2.46. The standard InChI is InChI=1S/C47H57F2N11O5/c1-56(30-12-15-47(16-13-30)20-27(21-47)18-29-4-3-5-34-39(29)57(2)46(64)60(34)35-10-11-37(61)52-45(35)63)23-26-6-8-28(9-7-26)41-53-38(40(48)49)42(54-41)55-44(62)33-22-50-59-17-14-36(51-43(33)59)58-24-32-19-31(58)25-65-32/h3-5,14,17,22,26-28,30-32,35,40-41H,6-13,15-16,18-21,23-25H2,1-2H3,(H,52,61,63)(H,54,55,62)/t26?,27?,28?,30?,31-,32-,35?,41?,47?/m1/s1. The Bertz CT molecular complexity index is 2670. The number of hydrogen-bond donors (Lipinski definition) is 2. The van der Waals surface area contributed by atoms with Crippen molar-refractivity contribution in [1.82, 2.24) is 39.3 Å². The first-order chi connectivity index (χ1) is 31.4. The topological polar surface area (TPSA) is 173 Å². The maximum Gasteiger partial charge on any atom is 0.329 e. The SMILES string of the molecule is CN(CC1CCC(C2N=C(NC(=O)c3cnn4ccc(N5C[C@H]6C[C@@H]5CO6)nc34)C(C(F)F)=N2)CC1)C1CCC2(CC1)CC(Cc1cccc3c1n(C)c(=O)n3C1CCC(=O)NC1=O)C2. The summed E-state index contributed by atoms with van der Waals surface area (Å²) in [7, 11) is 4.03. The molecule has 0 radical (unpaired) electrons. The van der Waals surface area contributed by atoms with Crippen molar-refractivity contribution in [3.8, 4) is 0 Å². The predicted octanol–water partition coefficient (Wildman–Crippen LogP) is 4.83. The minimum Gasteiger partial charge on any atom is -0.374 e. The van der Waals surface area contributed by atoms with E-state index in [4.69, 9.17) is 9.72 Å². The van der Waals surface area contributed by atoms with Gasteiger partial charge in [0.25, 0.3) is 12.3 Å². The van der Waals surface area contributed by atoms with Gasteiger partial charge in [0.2, 0.25) is 11.8 Å². The molecule has 7 heterocycles. The lowest BCUT2D eigenvalue weighted by atomic mass is 9.54. The van der Waals surface area contributed by atoms with Crippen LogP contribution in [0.15, 0.2) is 51.4 Å². The maximum atomic E-state index is 14.3. The number of carbonyl (C=O) groups is 3. The Hall–Kier alpha value is -5.36. The lowest BCUT2D eigenvalue weighted by Gasteiger charge is -2.53. The average Bonchev–Trinajstić information content (AvgIpc) is 4.14. The number of aliphatic imine (C=N–C) groups is 2. The monoisotopic (exact) mass is 893 g/mol. The number of aromatic nitrogens is 5. The average molecular weight is 894 g/mol. The fourth-order valence-corrected chi connectivity index (χ4v) is 12.8. The number of ether oxygens (including phenoxy) is 1. The summed E-state index contributed by atoms with van der Waals surface area (Å²) in [6, 6.07) is 7.95. The zero-order valence-electron chi connectivity index (χ0n) is 37.0. The first kappa shape index (κ1) is 42.3. The molecule has 2 N–H and O–H groups in total. The quantitative estimate of drug-likeness (QED) is 0.212. The Morgan fingerprint density at radius 3 is 2.55 bits per heavy atom. The molecule has 7 aliphatic rings. The second-order valence-corrected chi connectivity index (χ2v) is 20.2. The van der Waals surface area contributed by atoms with Gasteiger partial charge in [-0.15, -0.1) is 0 Å². The van der Waals surface area contributed by atoms with Gasteiger partial charge in [0.1, 0.15) is 29.3 Å². The number of amides is 3. The molecule has 344 valence electrons. The number of fused-ring (bicyclic) bond motifs is 4. The predicted molar refractivity (Wildman–Crippen MR) is 238 cm³/mol. The van der Waals surface area contributed by atoms with Crippen molar-refractivity contribution in [1.29, 1.82) is 0 Å². The number of alkyl halides is 2. The third kappa shape index (κ3) is 7.67. The van der Waals surface area contributed by atoms with E-state index in [-0.39, 0.29) is 47.5 Å². The van der Waals surface area contributed by atoms with E-state index < -0.39 is 36.2 Å². The van der Waals surface area contributed by atoms with Crippen LogP contribution in [-0.4, -0.2) is 115 Å². The van der Waals surface area contributed by atoms with Gasteiger partial charge in [-0.25, -0.2) is 28.1 Å². The summed E-state index contributed by atoms with van der Waals surface area (Å²) >= 11 is 0. The van der Waals surface area contributed by atoms with E-state index >= 15 is 0 Å². The number of hydrogen-bond acceptors (Lipinski definition) is 11. The van der Waals surface area contributed by atoms with Crippen molar-refractivity contribution in [3.63, 3.8) is 0 Å². The molecule has 16 nitrogen and oxygen atoms in total. The summed E-state index contributed by atoms with van der Waals surface area (Å²) in [5.41, 5.74) is 2.98. The highest BCUT2D eigenvalue weighted by atomic mass is 19.3. The second-order valence-electron chi connectivity index (χ2n) is 20.2. The normalized spacial score (nSPS) is 31.3. The van der Waals surface area contributed by atoms with Gasteiger partial charge in [-0.3, -0.25) is 33.8 Å². The molecule has 18 heteroatoms. The molecule has 3 saturated heterocycles. The number of anilines is 1. The van der Waals surface area contributed by atoms with Crippen LogP contribution in [0.1, 0.15) is 105 Å². The molecule has 65 heavy (non-hydrogen) atoms. The van der Waals surface area contributed by atoms with Gasteiger partial charge in [-0.05, 0) is 125 Å². The molecule has 1 spiro atoms. The molecule has 2 bridgehead atoms. The van der Waals surface area contributed by atoms with Gasteiger partial charge in [0, 0.05) is 44.7 Å². The summed E-state index contributed by atoms with van der Waals surface area (Å²) in [4.78, 5) is 70.0. The number of imide groups is 1. The van der Waals surface area contributed by atoms with Crippen LogP contribution in [0.4, 0.5) is 14.6 Å². The summed E-state index contributed by atoms with van der Waals surface area (Å²) in [6.45, 7) is 2.39. The molecule has 4 aliphatic heterocycles. The largest absolute Gasteiger partial charge is 0.374 e. The van der Waals surface area contributed by atoms with Crippen LogP contribution in [0.5, 0.6) is 0 Å². The van der Waals surface area contributed by atoms with Gasteiger partial charge in [0.15, 0.2) is 11.5 Å². The number of amidine groups is 1. The Labute approximate surface area is 374 Å². The third-order valence-corrected chi connectivity index (χ3v) is 16.2. The van der Waals surface area contributed by atoms with Crippen LogP contribution in [0, 0.1) is 23.2 Å². The van der Waals surface area contributed by atoms with Crippen molar-refractivity contribution in [2.24, 2.45) is 40.2 Å². The van der Waals surface area contributed by atoms with E-state index in [0.29, 0.717) is 42.0 Å². The Morgan fingerprint density at radius 1 is 1.03 bits per heavy atom.